The van der Waals surface area contributed by atoms with Gasteiger partial charge in [0.1, 0.15) is 12.1 Å². The highest BCUT2D eigenvalue weighted by Gasteiger charge is 2.59. The van der Waals surface area contributed by atoms with Gasteiger partial charge in [-0.25, -0.2) is 0 Å². The van der Waals surface area contributed by atoms with Crippen molar-refractivity contribution < 1.29 is 43.3 Å². The molecule has 0 aromatic heterocycles. The van der Waals surface area contributed by atoms with E-state index in [-0.39, 0.29) is 59.6 Å². The van der Waals surface area contributed by atoms with Crippen molar-refractivity contribution in [1.29, 1.82) is 0 Å². The first-order valence-corrected chi connectivity index (χ1v) is 21.7. The molecule has 342 valence electrons. The summed E-state index contributed by atoms with van der Waals surface area (Å²) in [6, 6.07) is -2.71. The van der Waals surface area contributed by atoms with Crippen LogP contribution in [-0.4, -0.2) is 146 Å². The quantitative estimate of drug-likeness (QED) is 0.0876. The van der Waals surface area contributed by atoms with Crippen LogP contribution in [0.25, 0.3) is 0 Å². The molecule has 1 rings (SSSR count). The van der Waals surface area contributed by atoms with Gasteiger partial charge in [-0.2, -0.15) is 0 Å². The number of aliphatic carboxylic acids is 1. The molecule has 4 N–H and O–H groups in total. The molecule has 9 atom stereocenters. The topological polar surface area (TPSA) is 187 Å². The maximum atomic E-state index is 14.3. The van der Waals surface area contributed by atoms with Gasteiger partial charge in [0.2, 0.25) is 29.5 Å². The summed E-state index contributed by atoms with van der Waals surface area (Å²) in [6.45, 7) is 22.5. The van der Waals surface area contributed by atoms with Gasteiger partial charge in [0.15, 0.2) is 0 Å². The fourth-order valence-corrected chi connectivity index (χ4v) is 8.32. The molecular formula is C44H82N6O9. The Morgan fingerprint density at radius 1 is 0.847 bits per heavy atom. The number of rotatable bonds is 27. The van der Waals surface area contributed by atoms with E-state index in [1.807, 2.05) is 81.3 Å². The predicted molar refractivity (Wildman–Crippen MR) is 230 cm³/mol. The molecule has 0 aliphatic heterocycles. The number of hydrogen-bond acceptors (Lipinski definition) is 9. The summed E-state index contributed by atoms with van der Waals surface area (Å²) in [7, 11) is 8.58. The van der Waals surface area contributed by atoms with E-state index in [0.717, 1.165) is 19.3 Å². The second kappa shape index (κ2) is 24.2. The third-order valence-corrected chi connectivity index (χ3v) is 12.3. The smallest absolute Gasteiger partial charge is 0.325 e. The first kappa shape index (κ1) is 53.7. The highest BCUT2D eigenvalue weighted by atomic mass is 16.5. The average Bonchev–Trinajstić information content (AvgIpc) is 3.88. The van der Waals surface area contributed by atoms with E-state index in [4.69, 9.17) is 14.6 Å². The third-order valence-electron chi connectivity index (χ3n) is 12.3. The second-order valence-corrected chi connectivity index (χ2v) is 18.7. The molecule has 0 spiro atoms. The van der Waals surface area contributed by atoms with Gasteiger partial charge in [0.05, 0.1) is 36.1 Å². The van der Waals surface area contributed by atoms with Crippen molar-refractivity contribution in [1.82, 2.24) is 30.7 Å². The van der Waals surface area contributed by atoms with Gasteiger partial charge in [0.25, 0.3) is 0 Å². The lowest BCUT2D eigenvalue weighted by Crippen LogP contribution is -2.59. The lowest BCUT2D eigenvalue weighted by Gasteiger charge is -2.40. The molecule has 15 heteroatoms. The summed E-state index contributed by atoms with van der Waals surface area (Å²) in [5, 5.41) is 17.8. The number of carbonyl (C=O) groups excluding carboxylic acids is 5. The number of amides is 5. The summed E-state index contributed by atoms with van der Waals surface area (Å²) in [4.78, 5) is 83.5. The van der Waals surface area contributed by atoms with E-state index in [1.54, 1.807) is 38.0 Å². The van der Waals surface area contributed by atoms with Gasteiger partial charge in [-0.15, -0.1) is 0 Å². The molecule has 0 bridgehead atoms. The largest absolute Gasteiger partial charge is 0.480 e. The third kappa shape index (κ3) is 15.6. The van der Waals surface area contributed by atoms with Crippen LogP contribution in [0.3, 0.4) is 0 Å². The Hall–Kier alpha value is -3.30. The minimum atomic E-state index is -1.10. The van der Waals surface area contributed by atoms with Crippen LogP contribution in [0.4, 0.5) is 0 Å². The van der Waals surface area contributed by atoms with Crippen LogP contribution >= 0.6 is 0 Å². The molecule has 59 heavy (non-hydrogen) atoms. The van der Waals surface area contributed by atoms with Crippen molar-refractivity contribution in [3.63, 3.8) is 0 Å². The zero-order valence-corrected chi connectivity index (χ0v) is 39.4. The fourth-order valence-electron chi connectivity index (χ4n) is 8.32. The Bertz CT molecular complexity index is 1390. The average molecular weight is 839 g/mol. The molecule has 0 saturated heterocycles. The highest BCUT2D eigenvalue weighted by Crippen LogP contribution is 2.54. The summed E-state index contributed by atoms with van der Waals surface area (Å²) in [5.41, 5.74) is -1.11. The highest BCUT2D eigenvalue weighted by molar-refractivity contribution is 5.90. The minimum Gasteiger partial charge on any atom is -0.480 e. The molecule has 15 nitrogen and oxygen atoms in total. The van der Waals surface area contributed by atoms with E-state index < -0.39 is 53.2 Å². The number of nitrogens with zero attached hydrogens (tertiary/aromatic N) is 3. The minimum absolute atomic E-state index is 0.0211. The lowest BCUT2D eigenvalue weighted by atomic mass is 9.89. The van der Waals surface area contributed by atoms with Crippen molar-refractivity contribution in [2.75, 3.05) is 55.0 Å². The Morgan fingerprint density at radius 3 is 1.93 bits per heavy atom. The SMILES string of the molecule is CC[C@H](C)[C@@H]([C@@H](CC(=O)NCCC[C@@H]1C[C@@]1(OC)[C@@H](C)C(=O)N[C@@H](C)C(=O)O)OC)N(C)C(=O)[C@@H](NC(=O)[C@H](C(C)C)N(C)CCCCN(C)C(=O)C(C)(C)C)C(C)C. The van der Waals surface area contributed by atoms with Gasteiger partial charge in [-0.3, -0.25) is 33.7 Å². The first-order valence-electron chi connectivity index (χ1n) is 21.7. The number of unbranched alkanes of at least 4 members (excludes halogenated alkanes) is 1. The van der Waals surface area contributed by atoms with Gasteiger partial charge < -0.3 is 40.3 Å². The van der Waals surface area contributed by atoms with Crippen molar-refractivity contribution in [2.45, 2.75) is 157 Å². The van der Waals surface area contributed by atoms with E-state index in [2.05, 4.69) is 16.0 Å². The van der Waals surface area contributed by atoms with Gasteiger partial charge >= 0.3 is 5.97 Å². The van der Waals surface area contributed by atoms with Crippen molar-refractivity contribution >= 4 is 35.5 Å². The molecule has 1 saturated carbocycles. The molecule has 0 radical (unpaired) electrons. The number of methoxy groups -OCH3 is 2. The van der Waals surface area contributed by atoms with Crippen LogP contribution < -0.4 is 16.0 Å². The number of carboxylic acid groups (broad SMARTS) is 1. The molecule has 1 aliphatic carbocycles. The number of carboxylic acids is 1. The van der Waals surface area contributed by atoms with Crippen LogP contribution in [0.5, 0.6) is 0 Å². The fraction of sp³-hybridized carbons (Fsp3) is 0.864. The van der Waals surface area contributed by atoms with Crippen LogP contribution in [0, 0.1) is 35.0 Å². The second-order valence-electron chi connectivity index (χ2n) is 18.7. The van der Waals surface area contributed by atoms with Crippen LogP contribution in [-0.2, 0) is 38.2 Å². The Morgan fingerprint density at radius 2 is 1.44 bits per heavy atom. The van der Waals surface area contributed by atoms with Gasteiger partial charge in [-0.1, -0.05) is 75.7 Å². The molecule has 0 aromatic rings. The first-order chi connectivity index (χ1) is 27.3. The van der Waals surface area contributed by atoms with Crippen molar-refractivity contribution in [2.24, 2.45) is 35.0 Å². The van der Waals surface area contributed by atoms with Gasteiger partial charge in [-0.05, 0) is 76.3 Å². The molecule has 0 unspecified atom stereocenters. The molecular weight excluding hydrogens is 757 g/mol. The van der Waals surface area contributed by atoms with E-state index in [9.17, 15) is 28.8 Å². The number of hydrogen-bond donors (Lipinski definition) is 4. The number of carbonyl (C=O) groups is 6. The normalized spacial score (nSPS) is 20.2. The number of ether oxygens (including phenoxy) is 2. The molecule has 0 heterocycles. The molecule has 5 amide bonds. The Kier molecular flexibility index (Phi) is 22.1. The summed E-state index contributed by atoms with van der Waals surface area (Å²) in [6.07, 6.45) is 3.81. The van der Waals surface area contributed by atoms with Gasteiger partial charge in [0, 0.05) is 46.8 Å². The zero-order valence-electron chi connectivity index (χ0n) is 39.4. The Labute approximate surface area is 355 Å². The number of likely N-dealkylation sites (N-methyl/N-ethyl adjacent to an activating group) is 2. The predicted octanol–water partition coefficient (Wildman–Crippen LogP) is 4.17. The van der Waals surface area contributed by atoms with Crippen LogP contribution in [0.2, 0.25) is 0 Å². The van der Waals surface area contributed by atoms with Crippen molar-refractivity contribution in [3.8, 4) is 0 Å². The maximum absolute atomic E-state index is 14.3. The summed E-state index contributed by atoms with van der Waals surface area (Å²) >= 11 is 0. The monoisotopic (exact) mass is 839 g/mol. The number of nitrogens with one attached hydrogen (secondary N) is 3. The van der Waals surface area contributed by atoms with Crippen molar-refractivity contribution in [3.05, 3.63) is 0 Å². The maximum Gasteiger partial charge on any atom is 0.325 e. The molecule has 1 fully saturated rings. The Balaban J connectivity index is 2.92. The van der Waals surface area contributed by atoms with E-state index >= 15 is 0 Å². The van der Waals surface area contributed by atoms with Crippen LogP contribution in [0.1, 0.15) is 121 Å². The standard InChI is InChI=1S/C44H82N6O9/c1-17-29(6)37(33(58-15)25-34(51)45-22-20-21-32-26-44(32,59-16)30(7)38(52)46-31(8)41(55)56)50(14)40(54)35(27(2)3)47-39(53)36(28(4)5)48(12)23-18-19-24-49(13)42(57)43(9,10)11/h27-33,35-37H,17-26H2,1-16H3,(H,45,51)(H,46,52)(H,47,53)(H,55,56)/t29-,30-,31-,32+,33+,35-,36-,37-,44+/m0/s1. The van der Waals surface area contributed by atoms with E-state index in [0.29, 0.717) is 38.9 Å². The summed E-state index contributed by atoms with van der Waals surface area (Å²) < 4.78 is 11.7. The molecule has 1 aliphatic rings. The van der Waals surface area contributed by atoms with E-state index in [1.165, 1.54) is 6.92 Å². The lowest BCUT2D eigenvalue weighted by molar-refractivity contribution is -0.144. The van der Waals surface area contributed by atoms with Crippen LogP contribution in [0.15, 0.2) is 0 Å². The summed E-state index contributed by atoms with van der Waals surface area (Å²) in [5.74, 6) is -2.73. The zero-order chi connectivity index (χ0) is 45.6. The molecule has 0 aromatic carbocycles.